The Kier molecular flexibility index (Phi) is 5.50. The fraction of sp³-hybridized carbons (Fsp3) is 1.00. The van der Waals surface area contributed by atoms with Crippen molar-refractivity contribution in [3.05, 3.63) is 0 Å². The van der Waals surface area contributed by atoms with Crippen LogP contribution in [0.5, 0.6) is 0 Å². The first-order valence-electron chi connectivity index (χ1n) is 7.86. The van der Waals surface area contributed by atoms with Crippen molar-refractivity contribution in [2.45, 2.75) is 79.3 Å². The molecule has 1 nitrogen and oxygen atoms in total. The lowest BCUT2D eigenvalue weighted by molar-refractivity contribution is -0.980. The quantitative estimate of drug-likeness (QED) is 0.622. The topological polar surface area (TPSA) is 0 Å². The van der Waals surface area contributed by atoms with Crippen LogP contribution in [0.4, 0.5) is 0 Å². The summed E-state index contributed by atoms with van der Waals surface area (Å²) in [6.07, 6.45) is 5.50. The molecule has 17 heavy (non-hydrogen) atoms. The monoisotopic (exact) mass is 240 g/mol. The molecule has 1 aliphatic rings. The average Bonchev–Trinajstić information content (AvgIpc) is 2.30. The van der Waals surface area contributed by atoms with Gasteiger partial charge in [0.05, 0.1) is 25.2 Å². The number of quaternary nitrogens is 1. The zero-order valence-corrected chi connectivity index (χ0v) is 13.0. The van der Waals surface area contributed by atoms with Crippen LogP contribution >= 0.6 is 0 Å². The second-order valence-corrected chi connectivity index (χ2v) is 6.57. The third-order valence-corrected chi connectivity index (χ3v) is 5.63. The van der Waals surface area contributed by atoms with Gasteiger partial charge in [-0.25, -0.2) is 0 Å². The van der Waals surface area contributed by atoms with Crippen LogP contribution < -0.4 is 0 Å². The van der Waals surface area contributed by atoms with E-state index >= 15 is 0 Å². The molecule has 0 amide bonds. The van der Waals surface area contributed by atoms with Gasteiger partial charge < -0.3 is 4.48 Å². The molecule has 0 radical (unpaired) electrons. The third-order valence-electron chi connectivity index (χ3n) is 5.63. The molecule has 0 N–H and O–H groups in total. The predicted octanol–water partition coefficient (Wildman–Crippen LogP) is 4.47. The van der Waals surface area contributed by atoms with Gasteiger partial charge in [-0.05, 0) is 32.6 Å². The number of nitrogens with zero attached hydrogens (tertiary/aromatic N) is 1. The van der Waals surface area contributed by atoms with Crippen molar-refractivity contribution in [2.75, 3.05) is 13.1 Å². The number of piperidine rings is 1. The first-order valence-corrected chi connectivity index (χ1v) is 7.86. The van der Waals surface area contributed by atoms with Gasteiger partial charge in [0, 0.05) is 12.3 Å². The molecule has 0 saturated carbocycles. The van der Waals surface area contributed by atoms with E-state index in [2.05, 4.69) is 41.5 Å². The van der Waals surface area contributed by atoms with Gasteiger partial charge in [-0.3, -0.25) is 0 Å². The van der Waals surface area contributed by atoms with E-state index in [-0.39, 0.29) is 0 Å². The molecular formula is C16H34N+. The van der Waals surface area contributed by atoms with Gasteiger partial charge in [0.15, 0.2) is 0 Å². The Hall–Kier alpha value is -0.0400. The Morgan fingerprint density at radius 2 is 1.59 bits per heavy atom. The first-order chi connectivity index (χ1) is 7.99. The number of rotatable bonds is 5. The van der Waals surface area contributed by atoms with E-state index in [9.17, 15) is 0 Å². The van der Waals surface area contributed by atoms with Crippen molar-refractivity contribution in [1.29, 1.82) is 0 Å². The highest BCUT2D eigenvalue weighted by Crippen LogP contribution is 2.39. The molecule has 1 rings (SSSR count). The molecule has 1 fully saturated rings. The second-order valence-electron chi connectivity index (χ2n) is 6.57. The van der Waals surface area contributed by atoms with E-state index in [0.29, 0.717) is 0 Å². The maximum atomic E-state index is 2.52. The zero-order valence-electron chi connectivity index (χ0n) is 13.0. The van der Waals surface area contributed by atoms with E-state index in [1.54, 1.807) is 0 Å². The normalized spacial score (nSPS) is 42.7. The molecule has 1 aliphatic heterocycles. The Morgan fingerprint density at radius 1 is 0.941 bits per heavy atom. The highest BCUT2D eigenvalue weighted by atomic mass is 15.4. The molecule has 0 aliphatic carbocycles. The van der Waals surface area contributed by atoms with Crippen LogP contribution in [-0.2, 0) is 0 Å². The van der Waals surface area contributed by atoms with Crippen molar-refractivity contribution in [3.8, 4) is 0 Å². The summed E-state index contributed by atoms with van der Waals surface area (Å²) >= 11 is 0. The summed E-state index contributed by atoms with van der Waals surface area (Å²) < 4.78 is 1.40. The molecule has 0 bridgehead atoms. The molecule has 5 unspecified atom stereocenters. The molecule has 0 aromatic carbocycles. The van der Waals surface area contributed by atoms with Crippen LogP contribution in [0.3, 0.4) is 0 Å². The van der Waals surface area contributed by atoms with Gasteiger partial charge in [-0.1, -0.05) is 34.1 Å². The smallest absolute Gasteiger partial charge is 0.0892 e. The molecule has 0 aromatic rings. The maximum absolute atomic E-state index is 2.52. The number of likely N-dealkylation sites (tertiary alicyclic amines) is 1. The van der Waals surface area contributed by atoms with Crippen LogP contribution in [0.15, 0.2) is 0 Å². The summed E-state index contributed by atoms with van der Waals surface area (Å²) in [4.78, 5) is 0. The maximum Gasteiger partial charge on any atom is 0.0892 e. The summed E-state index contributed by atoms with van der Waals surface area (Å²) in [6.45, 7) is 17.4. The molecule has 1 heteroatoms. The number of unbranched alkanes of at least 4 members (excludes halogenated alkanes) is 1. The lowest BCUT2D eigenvalue weighted by Crippen LogP contribution is -2.66. The average molecular weight is 240 g/mol. The van der Waals surface area contributed by atoms with Crippen LogP contribution in [0, 0.1) is 11.8 Å². The first kappa shape index (κ1) is 15.0. The van der Waals surface area contributed by atoms with E-state index in [1.807, 2.05) is 0 Å². The standard InChI is InChI=1S/C16H34N/c1-7-9-11-17(10-8-2)14(4)12-13(3)15(5)16(17)6/h13-16H,7-12H2,1-6H3/q+1. The van der Waals surface area contributed by atoms with E-state index in [1.165, 1.54) is 43.3 Å². The molecule has 102 valence electrons. The third kappa shape index (κ3) is 2.86. The van der Waals surface area contributed by atoms with Crippen molar-refractivity contribution >= 4 is 0 Å². The number of hydrogen-bond acceptors (Lipinski definition) is 0. The second kappa shape index (κ2) is 6.22. The van der Waals surface area contributed by atoms with Crippen LogP contribution in [0.1, 0.15) is 67.2 Å². The predicted molar refractivity (Wildman–Crippen MR) is 77.1 cm³/mol. The zero-order chi connectivity index (χ0) is 13.1. The summed E-state index contributed by atoms with van der Waals surface area (Å²) in [6, 6.07) is 1.71. The lowest BCUT2D eigenvalue weighted by atomic mass is 9.77. The van der Waals surface area contributed by atoms with E-state index in [4.69, 9.17) is 0 Å². The van der Waals surface area contributed by atoms with Crippen LogP contribution in [0.25, 0.3) is 0 Å². The van der Waals surface area contributed by atoms with Crippen molar-refractivity contribution < 1.29 is 4.48 Å². The molecule has 0 spiro atoms. The van der Waals surface area contributed by atoms with E-state index < -0.39 is 0 Å². The summed E-state index contributed by atoms with van der Waals surface area (Å²) in [5.41, 5.74) is 0. The fourth-order valence-electron chi connectivity index (χ4n) is 4.14. The Balaban J connectivity index is 2.90. The van der Waals surface area contributed by atoms with Gasteiger partial charge >= 0.3 is 0 Å². The number of hydrogen-bond donors (Lipinski definition) is 0. The van der Waals surface area contributed by atoms with Gasteiger partial charge in [-0.2, -0.15) is 0 Å². The highest BCUT2D eigenvalue weighted by molar-refractivity contribution is 4.79. The Labute approximate surface area is 109 Å². The minimum absolute atomic E-state index is 0.847. The summed E-state index contributed by atoms with van der Waals surface area (Å²) in [7, 11) is 0. The molecular weight excluding hydrogens is 206 g/mol. The Bertz CT molecular complexity index is 226. The fourth-order valence-corrected chi connectivity index (χ4v) is 4.14. The SMILES string of the molecule is CCCC[N+]1(CCC)C(C)CC(C)C(C)C1C. The van der Waals surface area contributed by atoms with E-state index in [0.717, 1.165) is 23.9 Å². The van der Waals surface area contributed by atoms with Crippen molar-refractivity contribution in [1.82, 2.24) is 0 Å². The minimum Gasteiger partial charge on any atom is -0.319 e. The molecule has 5 atom stereocenters. The molecule has 1 heterocycles. The summed E-state index contributed by atoms with van der Waals surface area (Å²) in [5.74, 6) is 1.79. The van der Waals surface area contributed by atoms with Crippen molar-refractivity contribution in [3.63, 3.8) is 0 Å². The molecule has 0 aromatic heterocycles. The van der Waals surface area contributed by atoms with Gasteiger partial charge in [0.1, 0.15) is 0 Å². The largest absolute Gasteiger partial charge is 0.319 e. The van der Waals surface area contributed by atoms with Crippen LogP contribution in [0.2, 0.25) is 0 Å². The molecule has 1 saturated heterocycles. The summed E-state index contributed by atoms with van der Waals surface area (Å²) in [5, 5.41) is 0. The van der Waals surface area contributed by atoms with Gasteiger partial charge in [0.2, 0.25) is 0 Å². The van der Waals surface area contributed by atoms with Crippen LogP contribution in [-0.4, -0.2) is 29.7 Å². The minimum atomic E-state index is 0.847. The van der Waals surface area contributed by atoms with Gasteiger partial charge in [0.25, 0.3) is 0 Å². The lowest BCUT2D eigenvalue weighted by Gasteiger charge is -2.55. The Morgan fingerprint density at radius 3 is 2.12 bits per heavy atom. The highest BCUT2D eigenvalue weighted by Gasteiger charge is 2.46. The van der Waals surface area contributed by atoms with Gasteiger partial charge in [-0.15, -0.1) is 0 Å². The van der Waals surface area contributed by atoms with Crippen molar-refractivity contribution in [2.24, 2.45) is 11.8 Å².